The summed E-state index contributed by atoms with van der Waals surface area (Å²) in [5.74, 6) is 0.295. The number of rotatable bonds is 6. The van der Waals surface area contributed by atoms with E-state index in [2.05, 4.69) is 6.58 Å². The average molecular weight is 370 g/mol. The second-order valence-electron chi connectivity index (χ2n) is 6.12. The summed E-state index contributed by atoms with van der Waals surface area (Å²) in [6, 6.07) is 2.98. The maximum absolute atomic E-state index is 12.4. The van der Waals surface area contributed by atoms with Crippen molar-refractivity contribution in [3.05, 3.63) is 40.4 Å². The second kappa shape index (κ2) is 8.54. The summed E-state index contributed by atoms with van der Waals surface area (Å²) in [6.45, 7) is 4.81. The van der Waals surface area contributed by atoms with Crippen molar-refractivity contribution in [1.29, 1.82) is 0 Å². The van der Waals surface area contributed by atoms with Crippen LogP contribution in [-0.2, 0) is 16.0 Å². The Balaban J connectivity index is 1.91. The molecule has 0 spiro atoms. The number of piperidine rings is 1. The van der Waals surface area contributed by atoms with Crippen LogP contribution in [0, 0.1) is 5.92 Å². The van der Waals surface area contributed by atoms with Crippen LogP contribution in [-0.4, -0.2) is 34.8 Å². The molecule has 0 unspecified atom stereocenters. The van der Waals surface area contributed by atoms with E-state index < -0.39 is 0 Å². The van der Waals surface area contributed by atoms with Crippen LogP contribution < -0.4 is 0 Å². The molecule has 24 heavy (non-hydrogen) atoms. The van der Waals surface area contributed by atoms with Gasteiger partial charge < -0.3 is 10.0 Å². The summed E-state index contributed by atoms with van der Waals surface area (Å²) < 4.78 is 0. The zero-order valence-electron chi connectivity index (χ0n) is 13.4. The maximum atomic E-state index is 12.4. The fraction of sp³-hybridized carbons (Fsp3) is 0.444. The first kappa shape index (κ1) is 18.8. The van der Waals surface area contributed by atoms with Crippen LogP contribution in [0.3, 0.4) is 0 Å². The van der Waals surface area contributed by atoms with Crippen molar-refractivity contribution < 1.29 is 14.7 Å². The van der Waals surface area contributed by atoms with Gasteiger partial charge in [0.1, 0.15) is 5.75 Å². The molecule has 130 valence electrons. The highest BCUT2D eigenvalue weighted by molar-refractivity contribution is 6.42. The third kappa shape index (κ3) is 4.99. The van der Waals surface area contributed by atoms with Gasteiger partial charge in [0.25, 0.3) is 0 Å². The van der Waals surface area contributed by atoms with E-state index in [-0.39, 0.29) is 34.8 Å². The van der Waals surface area contributed by atoms with Crippen molar-refractivity contribution in [2.75, 3.05) is 13.1 Å². The molecule has 1 atom stereocenters. The predicted octanol–water partition coefficient (Wildman–Crippen LogP) is 4.02. The molecule has 6 heteroatoms. The number of benzene rings is 1. The van der Waals surface area contributed by atoms with Crippen LogP contribution in [0.25, 0.3) is 0 Å². The number of carbonyl (C=O) groups excluding carboxylic acids is 2. The van der Waals surface area contributed by atoms with E-state index >= 15 is 0 Å². The molecule has 0 aliphatic carbocycles. The van der Waals surface area contributed by atoms with Crippen LogP contribution in [0.2, 0.25) is 10.0 Å². The van der Waals surface area contributed by atoms with Crippen molar-refractivity contribution in [1.82, 2.24) is 4.90 Å². The number of halogens is 2. The molecule has 2 rings (SSSR count). The lowest BCUT2D eigenvalue weighted by Gasteiger charge is -2.32. The Morgan fingerprint density at radius 2 is 2.04 bits per heavy atom. The van der Waals surface area contributed by atoms with E-state index in [1.165, 1.54) is 12.1 Å². The average Bonchev–Trinajstić information content (AvgIpc) is 2.56. The van der Waals surface area contributed by atoms with Gasteiger partial charge in [-0.3, -0.25) is 9.59 Å². The number of aromatic hydroxyl groups is 1. The number of allylic oxidation sites excluding steroid dienone is 1. The van der Waals surface area contributed by atoms with Gasteiger partial charge in [0.2, 0.25) is 5.91 Å². The zero-order valence-corrected chi connectivity index (χ0v) is 14.9. The number of hydrogen-bond donors (Lipinski definition) is 1. The Morgan fingerprint density at radius 3 is 2.75 bits per heavy atom. The SMILES string of the molecule is C=CC(=O)C[C@@H]1CCCN(C(=O)CCc2cc(Cl)c(Cl)cc2O)C1. The summed E-state index contributed by atoms with van der Waals surface area (Å²) in [7, 11) is 0. The molecule has 1 aliphatic heterocycles. The number of hydrogen-bond acceptors (Lipinski definition) is 3. The van der Waals surface area contributed by atoms with Gasteiger partial charge in [0.15, 0.2) is 5.78 Å². The quantitative estimate of drug-likeness (QED) is 0.770. The number of likely N-dealkylation sites (tertiary alicyclic amines) is 1. The summed E-state index contributed by atoms with van der Waals surface area (Å²) in [6.07, 6.45) is 4.33. The van der Waals surface area contributed by atoms with E-state index in [4.69, 9.17) is 23.2 Å². The minimum Gasteiger partial charge on any atom is -0.508 e. The number of aryl methyl sites for hydroxylation is 1. The van der Waals surface area contributed by atoms with Crippen LogP contribution in [0.15, 0.2) is 24.8 Å². The standard InChI is InChI=1S/C18H21Cl2NO3/c1-2-14(22)8-12-4-3-7-21(11-12)18(24)6-5-13-9-15(19)16(20)10-17(13)23/h2,9-10,12,23H,1,3-8,11H2/t12-/m0/s1. The largest absolute Gasteiger partial charge is 0.508 e. The molecule has 1 N–H and O–H groups in total. The van der Waals surface area contributed by atoms with Crippen molar-refractivity contribution in [3.63, 3.8) is 0 Å². The lowest BCUT2D eigenvalue weighted by molar-refractivity contribution is -0.133. The first-order valence-electron chi connectivity index (χ1n) is 8.00. The smallest absolute Gasteiger partial charge is 0.222 e. The van der Waals surface area contributed by atoms with Crippen molar-refractivity contribution in [2.45, 2.75) is 32.1 Å². The van der Waals surface area contributed by atoms with Gasteiger partial charge in [-0.05, 0) is 42.9 Å². The molecule has 0 saturated carbocycles. The van der Waals surface area contributed by atoms with Gasteiger partial charge >= 0.3 is 0 Å². The summed E-state index contributed by atoms with van der Waals surface area (Å²) in [5.41, 5.74) is 0.605. The van der Waals surface area contributed by atoms with Crippen molar-refractivity contribution in [3.8, 4) is 5.75 Å². The Labute approximate surface area is 152 Å². The highest BCUT2D eigenvalue weighted by Crippen LogP contribution is 2.30. The highest BCUT2D eigenvalue weighted by Gasteiger charge is 2.24. The number of phenolic OH excluding ortho intramolecular Hbond substituents is 1. The first-order valence-corrected chi connectivity index (χ1v) is 8.76. The maximum Gasteiger partial charge on any atom is 0.222 e. The molecule has 0 aromatic heterocycles. The fourth-order valence-electron chi connectivity index (χ4n) is 3.00. The molecule has 1 amide bonds. The van der Waals surface area contributed by atoms with E-state index in [0.717, 1.165) is 12.8 Å². The summed E-state index contributed by atoms with van der Waals surface area (Å²) in [4.78, 5) is 25.7. The lowest BCUT2D eigenvalue weighted by Crippen LogP contribution is -2.40. The number of nitrogens with zero attached hydrogens (tertiary/aromatic N) is 1. The second-order valence-corrected chi connectivity index (χ2v) is 6.93. The minimum absolute atomic E-state index is 0.0232. The van der Waals surface area contributed by atoms with E-state index in [1.54, 1.807) is 11.0 Å². The molecular weight excluding hydrogens is 349 g/mol. The first-order chi connectivity index (χ1) is 11.4. The topological polar surface area (TPSA) is 57.6 Å². The lowest BCUT2D eigenvalue weighted by atomic mass is 9.92. The molecule has 0 bridgehead atoms. The molecule has 1 aromatic carbocycles. The van der Waals surface area contributed by atoms with Gasteiger partial charge in [-0.2, -0.15) is 0 Å². The number of phenols is 1. The van der Waals surface area contributed by atoms with Crippen LogP contribution in [0.4, 0.5) is 0 Å². The summed E-state index contributed by atoms with van der Waals surface area (Å²) in [5, 5.41) is 10.5. The third-order valence-corrected chi connectivity index (χ3v) is 5.04. The van der Waals surface area contributed by atoms with Crippen LogP contribution >= 0.6 is 23.2 Å². The van der Waals surface area contributed by atoms with Gasteiger partial charge in [-0.25, -0.2) is 0 Å². The molecule has 1 saturated heterocycles. The number of carbonyl (C=O) groups is 2. The van der Waals surface area contributed by atoms with Gasteiger partial charge in [-0.15, -0.1) is 0 Å². The summed E-state index contributed by atoms with van der Waals surface area (Å²) >= 11 is 11.8. The van der Waals surface area contributed by atoms with Crippen molar-refractivity contribution in [2.24, 2.45) is 5.92 Å². The van der Waals surface area contributed by atoms with Gasteiger partial charge in [-0.1, -0.05) is 29.8 Å². The Morgan fingerprint density at radius 1 is 1.33 bits per heavy atom. The van der Waals surface area contributed by atoms with E-state index in [9.17, 15) is 14.7 Å². The van der Waals surface area contributed by atoms with E-state index in [0.29, 0.717) is 36.5 Å². The van der Waals surface area contributed by atoms with E-state index in [1.807, 2.05) is 0 Å². The van der Waals surface area contributed by atoms with Crippen LogP contribution in [0.5, 0.6) is 5.75 Å². The monoisotopic (exact) mass is 369 g/mol. The molecule has 0 radical (unpaired) electrons. The van der Waals surface area contributed by atoms with Crippen LogP contribution in [0.1, 0.15) is 31.2 Å². The third-order valence-electron chi connectivity index (χ3n) is 4.32. The molecule has 4 nitrogen and oxygen atoms in total. The highest BCUT2D eigenvalue weighted by atomic mass is 35.5. The number of ketones is 1. The van der Waals surface area contributed by atoms with Gasteiger partial charge in [0, 0.05) is 32.0 Å². The molecule has 1 aliphatic rings. The van der Waals surface area contributed by atoms with Crippen molar-refractivity contribution >= 4 is 34.9 Å². The Kier molecular flexibility index (Phi) is 6.69. The normalized spacial score (nSPS) is 17.6. The minimum atomic E-state index is 0.0232. The Hall–Kier alpha value is -1.52. The molecule has 1 aromatic rings. The molecular formula is C18H21Cl2NO3. The molecule has 1 fully saturated rings. The fourth-order valence-corrected chi connectivity index (χ4v) is 3.35. The molecule has 1 heterocycles. The Bertz CT molecular complexity index is 645. The zero-order chi connectivity index (χ0) is 17.7. The number of amides is 1. The predicted molar refractivity (Wildman–Crippen MR) is 95.6 cm³/mol. The van der Waals surface area contributed by atoms with Gasteiger partial charge in [0.05, 0.1) is 10.0 Å².